The van der Waals surface area contributed by atoms with Crippen LogP contribution in [0.25, 0.3) is 0 Å². The van der Waals surface area contributed by atoms with E-state index >= 15 is 0 Å². The van der Waals surface area contributed by atoms with Gasteiger partial charge < -0.3 is 15.0 Å². The Morgan fingerprint density at radius 1 is 1.43 bits per heavy atom. The molecular formula is C20H25N3O3S2. The molecule has 6 nitrogen and oxygen atoms in total. The fourth-order valence-electron chi connectivity index (χ4n) is 3.10. The van der Waals surface area contributed by atoms with Crippen molar-refractivity contribution in [2.24, 2.45) is 0 Å². The van der Waals surface area contributed by atoms with Crippen LogP contribution in [-0.4, -0.2) is 27.8 Å². The van der Waals surface area contributed by atoms with E-state index in [4.69, 9.17) is 4.74 Å². The lowest BCUT2D eigenvalue weighted by Crippen LogP contribution is -2.31. The number of hydrogen-bond acceptors (Lipinski definition) is 7. The molecule has 1 aliphatic heterocycles. The molecular weight excluding hydrogens is 394 g/mol. The molecule has 3 heterocycles. The van der Waals surface area contributed by atoms with Gasteiger partial charge in [0, 0.05) is 16.3 Å². The zero-order valence-electron chi connectivity index (χ0n) is 16.5. The van der Waals surface area contributed by atoms with E-state index in [1.165, 1.54) is 23.1 Å². The first kappa shape index (κ1) is 20.7. The van der Waals surface area contributed by atoms with Crippen LogP contribution >= 0.6 is 23.1 Å². The monoisotopic (exact) mass is 419 g/mol. The minimum absolute atomic E-state index is 0.225. The number of nitrogens with one attached hydrogen (secondary N) is 2. The maximum absolute atomic E-state index is 13.0. The number of H-pyrrole nitrogens is 1. The maximum Gasteiger partial charge on any atom is 0.337 e. The molecule has 0 bridgehead atoms. The van der Waals surface area contributed by atoms with Crippen molar-refractivity contribution in [3.8, 4) is 0 Å². The third-order valence-electron chi connectivity index (χ3n) is 4.35. The average Bonchev–Trinajstić information content (AvgIpc) is 3.14. The largest absolute Gasteiger partial charge is 0.460 e. The summed E-state index contributed by atoms with van der Waals surface area (Å²) in [4.78, 5) is 34.3. The second kappa shape index (κ2) is 8.96. The number of hydrogen-bond donors (Lipinski definition) is 2. The Balaban J connectivity index is 2.08. The standard InChI is InChI=1S/C20H25N3O3S2/c1-5-6-9-28-20-22-17-16(18(24)23-20)15(13-8-7-10-27-13)14(12(4)21-17)19(25)26-11(2)3/h7-8,10-11,15H,5-6,9H2,1-4H3,(H2,21,22,23,24). The molecule has 8 heteroatoms. The van der Waals surface area contributed by atoms with Crippen LogP contribution in [-0.2, 0) is 9.53 Å². The van der Waals surface area contributed by atoms with E-state index in [1.54, 1.807) is 0 Å². The number of allylic oxidation sites excluding steroid dienone is 1. The number of thiophene rings is 1. The molecule has 0 spiro atoms. The molecule has 0 radical (unpaired) electrons. The van der Waals surface area contributed by atoms with Crippen molar-refractivity contribution in [3.05, 3.63) is 49.6 Å². The molecule has 1 unspecified atom stereocenters. The Morgan fingerprint density at radius 3 is 2.86 bits per heavy atom. The van der Waals surface area contributed by atoms with Crippen molar-refractivity contribution in [1.29, 1.82) is 0 Å². The number of unbranched alkanes of at least 4 members (excludes halogenated alkanes) is 1. The van der Waals surface area contributed by atoms with Crippen molar-refractivity contribution >= 4 is 34.9 Å². The minimum atomic E-state index is -0.492. The lowest BCUT2D eigenvalue weighted by Gasteiger charge is -2.28. The van der Waals surface area contributed by atoms with Gasteiger partial charge in [-0.3, -0.25) is 4.79 Å². The highest BCUT2D eigenvalue weighted by Gasteiger charge is 2.37. The Kier molecular flexibility index (Phi) is 6.61. The molecule has 1 aliphatic rings. The van der Waals surface area contributed by atoms with Crippen molar-refractivity contribution in [1.82, 2.24) is 9.97 Å². The summed E-state index contributed by atoms with van der Waals surface area (Å²) in [5.41, 5.74) is 1.36. The predicted octanol–water partition coefficient (Wildman–Crippen LogP) is 4.51. The minimum Gasteiger partial charge on any atom is -0.460 e. The third kappa shape index (κ3) is 4.33. The molecule has 0 fully saturated rings. The summed E-state index contributed by atoms with van der Waals surface area (Å²) in [7, 11) is 0. The summed E-state index contributed by atoms with van der Waals surface area (Å²) in [6.07, 6.45) is 1.90. The molecule has 0 saturated heterocycles. The van der Waals surface area contributed by atoms with Gasteiger partial charge in [-0.1, -0.05) is 31.2 Å². The molecule has 0 aromatic carbocycles. The van der Waals surface area contributed by atoms with Crippen molar-refractivity contribution < 1.29 is 9.53 Å². The van der Waals surface area contributed by atoms with Crippen molar-refractivity contribution in [3.63, 3.8) is 0 Å². The van der Waals surface area contributed by atoms with Gasteiger partial charge in [0.15, 0.2) is 5.16 Å². The Bertz CT molecular complexity index is 933. The van der Waals surface area contributed by atoms with Crippen LogP contribution in [0.15, 0.2) is 38.7 Å². The van der Waals surface area contributed by atoms with E-state index in [0.29, 0.717) is 27.8 Å². The Morgan fingerprint density at radius 2 is 2.21 bits per heavy atom. The van der Waals surface area contributed by atoms with Crippen LogP contribution in [0.2, 0.25) is 0 Å². The van der Waals surface area contributed by atoms with Crippen molar-refractivity contribution in [2.75, 3.05) is 11.1 Å². The van der Waals surface area contributed by atoms with Gasteiger partial charge in [-0.05, 0) is 38.6 Å². The summed E-state index contributed by atoms with van der Waals surface area (Å²) in [5, 5.41) is 5.70. The molecule has 0 amide bonds. The number of aromatic nitrogens is 2. The highest BCUT2D eigenvalue weighted by molar-refractivity contribution is 7.99. The summed E-state index contributed by atoms with van der Waals surface area (Å²) >= 11 is 3.05. The summed E-state index contributed by atoms with van der Waals surface area (Å²) in [6, 6.07) is 3.85. The molecule has 0 saturated carbocycles. The van der Waals surface area contributed by atoms with E-state index in [-0.39, 0.29) is 11.7 Å². The first-order valence-corrected chi connectivity index (χ1v) is 11.3. The van der Waals surface area contributed by atoms with Gasteiger partial charge in [0.2, 0.25) is 0 Å². The van der Waals surface area contributed by atoms with E-state index in [2.05, 4.69) is 22.2 Å². The van der Waals surface area contributed by atoms with Gasteiger partial charge in [0.1, 0.15) is 5.82 Å². The second-order valence-corrected chi connectivity index (χ2v) is 8.96. The molecule has 2 aromatic rings. The average molecular weight is 420 g/mol. The molecule has 0 aliphatic carbocycles. The van der Waals surface area contributed by atoms with Gasteiger partial charge in [0.25, 0.3) is 5.56 Å². The van der Waals surface area contributed by atoms with E-state index < -0.39 is 11.9 Å². The van der Waals surface area contributed by atoms with Gasteiger partial charge in [-0.25, -0.2) is 9.78 Å². The number of thioether (sulfide) groups is 1. The predicted molar refractivity (Wildman–Crippen MR) is 114 cm³/mol. The summed E-state index contributed by atoms with van der Waals surface area (Å²) < 4.78 is 5.46. The summed E-state index contributed by atoms with van der Waals surface area (Å²) in [6.45, 7) is 7.58. The van der Waals surface area contributed by atoms with E-state index in [0.717, 1.165) is 23.5 Å². The fraction of sp³-hybridized carbons (Fsp3) is 0.450. The Hall–Kier alpha value is -2.06. The van der Waals surface area contributed by atoms with E-state index in [1.807, 2.05) is 38.3 Å². The first-order valence-electron chi connectivity index (χ1n) is 9.41. The fourth-order valence-corrected chi connectivity index (χ4v) is 4.89. The number of rotatable bonds is 7. The van der Waals surface area contributed by atoms with E-state index in [9.17, 15) is 9.59 Å². The normalized spacial score (nSPS) is 16.1. The molecule has 150 valence electrons. The lowest BCUT2D eigenvalue weighted by atomic mass is 9.86. The SMILES string of the molecule is CCCCSc1nc2c(c(=O)[nH]1)C(c1cccs1)C(C(=O)OC(C)C)=C(C)N2. The summed E-state index contributed by atoms with van der Waals surface area (Å²) in [5.74, 6) is 0.505. The number of ether oxygens (including phenoxy) is 1. The smallest absolute Gasteiger partial charge is 0.337 e. The third-order valence-corrected chi connectivity index (χ3v) is 6.24. The molecule has 2 N–H and O–H groups in total. The molecule has 2 aromatic heterocycles. The van der Waals surface area contributed by atoms with Crippen LogP contribution in [0.1, 0.15) is 56.9 Å². The number of fused-ring (bicyclic) bond motifs is 1. The number of esters is 1. The molecule has 3 rings (SSSR count). The zero-order chi connectivity index (χ0) is 20.3. The maximum atomic E-state index is 13.0. The highest BCUT2D eigenvalue weighted by atomic mass is 32.2. The number of carbonyl (C=O) groups is 1. The second-order valence-electron chi connectivity index (χ2n) is 6.90. The number of carbonyl (C=O) groups excluding carboxylic acids is 1. The quantitative estimate of drug-likeness (QED) is 0.297. The zero-order valence-corrected chi connectivity index (χ0v) is 18.1. The number of anilines is 1. The van der Waals surface area contributed by atoms with Crippen molar-refractivity contribution in [2.45, 2.75) is 57.7 Å². The Labute approximate surface area is 172 Å². The van der Waals surface area contributed by atoms with Gasteiger partial charge in [-0.15, -0.1) is 11.3 Å². The molecule has 1 atom stereocenters. The van der Waals surface area contributed by atoms with Crippen LogP contribution in [0, 0.1) is 0 Å². The number of nitrogens with zero attached hydrogens (tertiary/aromatic N) is 1. The lowest BCUT2D eigenvalue weighted by molar-refractivity contribution is -0.142. The van der Waals surface area contributed by atoms with Gasteiger partial charge in [-0.2, -0.15) is 0 Å². The molecule has 28 heavy (non-hydrogen) atoms. The van der Waals surface area contributed by atoms with Crippen LogP contribution < -0.4 is 10.9 Å². The van der Waals surface area contributed by atoms with Crippen LogP contribution in [0.4, 0.5) is 5.82 Å². The highest BCUT2D eigenvalue weighted by Crippen LogP contribution is 2.41. The van der Waals surface area contributed by atoms with Gasteiger partial charge >= 0.3 is 5.97 Å². The number of aromatic amines is 1. The van der Waals surface area contributed by atoms with Gasteiger partial charge in [0.05, 0.1) is 23.2 Å². The van der Waals surface area contributed by atoms with Crippen LogP contribution in [0.3, 0.4) is 0 Å². The topological polar surface area (TPSA) is 84.1 Å². The first-order chi connectivity index (χ1) is 13.4. The van der Waals surface area contributed by atoms with Crippen LogP contribution in [0.5, 0.6) is 0 Å².